The second-order valence-corrected chi connectivity index (χ2v) is 9.96. The van der Waals surface area contributed by atoms with Crippen molar-refractivity contribution >= 4 is 23.2 Å². The maximum absolute atomic E-state index is 6.35. The van der Waals surface area contributed by atoms with Crippen LogP contribution in [0.4, 0.5) is 0 Å². The van der Waals surface area contributed by atoms with Crippen molar-refractivity contribution in [2.75, 3.05) is 0 Å². The van der Waals surface area contributed by atoms with Crippen molar-refractivity contribution in [1.29, 1.82) is 0 Å². The Morgan fingerprint density at radius 3 is 1.34 bits per heavy atom. The molecule has 2 aliphatic carbocycles. The molecule has 0 fully saturated rings. The largest absolute Gasteiger partial charge is 0.449 e. The second kappa shape index (κ2) is 6.69. The number of benzene rings is 5. The number of ether oxygens (including phenoxy) is 2. The van der Waals surface area contributed by atoms with Gasteiger partial charge in [0.25, 0.3) is 0 Å². The van der Waals surface area contributed by atoms with Gasteiger partial charge < -0.3 is 9.47 Å². The van der Waals surface area contributed by atoms with E-state index in [1.807, 2.05) is 0 Å². The van der Waals surface area contributed by atoms with Crippen molar-refractivity contribution in [2.45, 2.75) is 5.41 Å². The molecule has 1 spiro atoms. The van der Waals surface area contributed by atoms with E-state index in [1.54, 1.807) is 12.1 Å². The zero-order valence-corrected chi connectivity index (χ0v) is 19.8. The first-order chi connectivity index (χ1) is 17.2. The van der Waals surface area contributed by atoms with E-state index in [-0.39, 0.29) is 0 Å². The summed E-state index contributed by atoms with van der Waals surface area (Å²) in [5.41, 5.74) is 9.53. The summed E-state index contributed by atoms with van der Waals surface area (Å²) < 4.78 is 12.6. The standard InChI is InChI=1S/C31H16Cl2O2/c32-25-15-29-30(16-26(25)33)35-28-14-24-20(13-27(28)34-29)19-9-3-6-12-23(19)31(24)21-10-4-1-7-17(21)18-8-2-5-11-22(18)31/h1-16H. The molecular weight excluding hydrogens is 475 g/mol. The highest BCUT2D eigenvalue weighted by Crippen LogP contribution is 2.64. The van der Waals surface area contributed by atoms with Crippen LogP contribution in [0.25, 0.3) is 22.3 Å². The van der Waals surface area contributed by atoms with Gasteiger partial charge >= 0.3 is 0 Å². The van der Waals surface area contributed by atoms with Crippen LogP contribution in [0.2, 0.25) is 10.0 Å². The second-order valence-electron chi connectivity index (χ2n) is 9.15. The first-order valence-electron chi connectivity index (χ1n) is 11.5. The summed E-state index contributed by atoms with van der Waals surface area (Å²) in [4.78, 5) is 0. The van der Waals surface area contributed by atoms with Gasteiger partial charge in [0.05, 0.1) is 15.5 Å². The molecule has 0 aromatic heterocycles. The van der Waals surface area contributed by atoms with E-state index in [1.165, 1.54) is 38.9 Å². The maximum Gasteiger partial charge on any atom is 0.171 e. The zero-order valence-electron chi connectivity index (χ0n) is 18.3. The molecule has 0 N–H and O–H groups in total. The van der Waals surface area contributed by atoms with Crippen LogP contribution in [-0.4, -0.2) is 0 Å². The highest BCUT2D eigenvalue weighted by atomic mass is 35.5. The average Bonchev–Trinajstić information content (AvgIpc) is 3.34. The maximum atomic E-state index is 6.35. The Labute approximate surface area is 212 Å². The van der Waals surface area contributed by atoms with Crippen LogP contribution in [0.5, 0.6) is 23.0 Å². The van der Waals surface area contributed by atoms with Gasteiger partial charge in [-0.1, -0.05) is 96.0 Å². The number of hydrogen-bond acceptors (Lipinski definition) is 2. The van der Waals surface area contributed by atoms with Gasteiger partial charge in [0, 0.05) is 12.1 Å². The molecule has 0 saturated heterocycles. The van der Waals surface area contributed by atoms with Crippen LogP contribution in [0.15, 0.2) is 97.1 Å². The van der Waals surface area contributed by atoms with Crippen LogP contribution < -0.4 is 9.47 Å². The Kier molecular flexibility index (Phi) is 3.74. The monoisotopic (exact) mass is 490 g/mol. The molecule has 0 bridgehead atoms. The lowest BCUT2D eigenvalue weighted by Gasteiger charge is -2.31. The van der Waals surface area contributed by atoms with Crippen molar-refractivity contribution in [1.82, 2.24) is 0 Å². The Bertz CT molecular complexity index is 1690. The van der Waals surface area contributed by atoms with E-state index in [2.05, 4.69) is 84.9 Å². The van der Waals surface area contributed by atoms with E-state index < -0.39 is 5.41 Å². The normalized spacial score (nSPS) is 14.7. The van der Waals surface area contributed by atoms with Gasteiger partial charge in [-0.3, -0.25) is 0 Å². The molecule has 166 valence electrons. The molecule has 1 heterocycles. The zero-order chi connectivity index (χ0) is 23.3. The van der Waals surface area contributed by atoms with Crippen LogP contribution in [-0.2, 0) is 5.41 Å². The summed E-state index contributed by atoms with van der Waals surface area (Å²) in [5.74, 6) is 2.46. The summed E-state index contributed by atoms with van der Waals surface area (Å²) in [6.45, 7) is 0. The fraction of sp³-hybridized carbons (Fsp3) is 0.0323. The molecule has 0 atom stereocenters. The molecule has 0 saturated carbocycles. The van der Waals surface area contributed by atoms with Crippen molar-refractivity contribution < 1.29 is 9.47 Å². The first kappa shape index (κ1) is 19.6. The molecule has 2 nitrogen and oxygen atoms in total. The number of fused-ring (bicyclic) bond motifs is 12. The molecule has 3 aliphatic rings. The predicted molar refractivity (Wildman–Crippen MR) is 139 cm³/mol. The van der Waals surface area contributed by atoms with E-state index in [0.29, 0.717) is 33.0 Å². The molecule has 4 heteroatoms. The Morgan fingerprint density at radius 2 is 0.829 bits per heavy atom. The molecule has 35 heavy (non-hydrogen) atoms. The van der Waals surface area contributed by atoms with Crippen LogP contribution >= 0.6 is 23.2 Å². The molecule has 0 unspecified atom stereocenters. The lowest BCUT2D eigenvalue weighted by atomic mass is 9.70. The quantitative estimate of drug-likeness (QED) is 0.211. The summed E-state index contributed by atoms with van der Waals surface area (Å²) in [6, 6.07) is 33.8. The number of hydrogen-bond donors (Lipinski definition) is 0. The first-order valence-corrected chi connectivity index (χ1v) is 12.2. The minimum Gasteiger partial charge on any atom is -0.449 e. The lowest BCUT2D eigenvalue weighted by molar-refractivity contribution is 0.359. The van der Waals surface area contributed by atoms with Crippen molar-refractivity contribution in [3.63, 3.8) is 0 Å². The van der Waals surface area contributed by atoms with E-state index in [4.69, 9.17) is 32.7 Å². The minimum absolute atomic E-state index is 0.421. The Morgan fingerprint density at radius 1 is 0.429 bits per heavy atom. The average molecular weight is 491 g/mol. The fourth-order valence-corrected chi connectivity index (χ4v) is 6.47. The van der Waals surface area contributed by atoms with E-state index in [9.17, 15) is 0 Å². The van der Waals surface area contributed by atoms with Gasteiger partial charge in [-0.15, -0.1) is 0 Å². The fourth-order valence-electron chi connectivity index (χ4n) is 6.16. The minimum atomic E-state index is -0.421. The smallest absolute Gasteiger partial charge is 0.171 e. The van der Waals surface area contributed by atoms with E-state index in [0.717, 1.165) is 5.56 Å². The lowest BCUT2D eigenvalue weighted by Crippen LogP contribution is -2.25. The summed E-state index contributed by atoms with van der Waals surface area (Å²) >= 11 is 12.5. The van der Waals surface area contributed by atoms with Gasteiger partial charge in [-0.05, 0) is 56.6 Å². The molecule has 5 aromatic rings. The Hall–Kier alpha value is -3.72. The third kappa shape index (κ3) is 2.36. The Balaban J connectivity index is 1.46. The SMILES string of the molecule is Clc1cc2c(cc1Cl)Oc1cc3c(cc1O2)-c1ccccc1C31c2ccccc2-c2ccccc21. The van der Waals surface area contributed by atoms with Gasteiger partial charge in [0.1, 0.15) is 0 Å². The topological polar surface area (TPSA) is 18.5 Å². The van der Waals surface area contributed by atoms with Crippen LogP contribution in [0.3, 0.4) is 0 Å². The third-order valence-electron chi connectivity index (χ3n) is 7.49. The van der Waals surface area contributed by atoms with E-state index >= 15 is 0 Å². The molecule has 0 amide bonds. The van der Waals surface area contributed by atoms with Crippen LogP contribution in [0.1, 0.15) is 22.3 Å². The predicted octanol–water partition coefficient (Wildman–Crippen LogP) is 9.23. The molecule has 5 aromatic carbocycles. The van der Waals surface area contributed by atoms with Crippen molar-refractivity contribution in [2.24, 2.45) is 0 Å². The van der Waals surface area contributed by atoms with Gasteiger partial charge in [0.2, 0.25) is 0 Å². The van der Waals surface area contributed by atoms with Gasteiger partial charge in [-0.2, -0.15) is 0 Å². The summed E-state index contributed by atoms with van der Waals surface area (Å²) in [6.07, 6.45) is 0. The highest BCUT2D eigenvalue weighted by Gasteiger charge is 2.52. The number of rotatable bonds is 0. The highest BCUT2D eigenvalue weighted by molar-refractivity contribution is 6.42. The molecular formula is C31H16Cl2O2. The summed E-state index contributed by atoms with van der Waals surface area (Å²) in [5, 5.41) is 0.864. The van der Waals surface area contributed by atoms with Gasteiger partial charge in [0.15, 0.2) is 23.0 Å². The third-order valence-corrected chi connectivity index (χ3v) is 8.21. The van der Waals surface area contributed by atoms with Crippen molar-refractivity contribution in [3.05, 3.63) is 129 Å². The molecule has 0 radical (unpaired) electrons. The molecule has 1 aliphatic heterocycles. The molecule has 8 rings (SSSR count). The summed E-state index contributed by atoms with van der Waals surface area (Å²) in [7, 11) is 0. The van der Waals surface area contributed by atoms with Crippen LogP contribution in [0, 0.1) is 0 Å². The number of halogens is 2. The van der Waals surface area contributed by atoms with Gasteiger partial charge in [-0.25, -0.2) is 0 Å². The van der Waals surface area contributed by atoms with Crippen molar-refractivity contribution in [3.8, 4) is 45.3 Å².